The van der Waals surface area contributed by atoms with Gasteiger partial charge in [0.15, 0.2) is 5.78 Å². The number of Topliss-reactive ketones (excluding diaryl/α,β-unsaturated/α-hetero) is 1. The summed E-state index contributed by atoms with van der Waals surface area (Å²) in [6, 6.07) is 12.5. The Bertz CT molecular complexity index is 1110. The predicted octanol–water partition coefficient (Wildman–Crippen LogP) is 5.82. The highest BCUT2D eigenvalue weighted by Crippen LogP contribution is 2.40. The van der Waals surface area contributed by atoms with E-state index in [1.807, 2.05) is 37.3 Å². The largest absolute Gasteiger partial charge is 0.337 e. The summed E-state index contributed by atoms with van der Waals surface area (Å²) < 4.78 is 0. The summed E-state index contributed by atoms with van der Waals surface area (Å²) in [7, 11) is 0. The molecule has 0 aliphatic carbocycles. The summed E-state index contributed by atoms with van der Waals surface area (Å²) in [6.45, 7) is 1.70. The number of hydrogen-bond acceptors (Lipinski definition) is 7. The maximum absolute atomic E-state index is 12.7. The van der Waals surface area contributed by atoms with Crippen LogP contribution in [-0.2, 0) is 17.8 Å². The minimum Gasteiger partial charge on any atom is -0.337 e. The van der Waals surface area contributed by atoms with E-state index in [9.17, 15) is 9.59 Å². The van der Waals surface area contributed by atoms with E-state index in [1.165, 1.54) is 4.80 Å². The van der Waals surface area contributed by atoms with Crippen molar-refractivity contribution in [2.24, 2.45) is 0 Å². The Hall–Kier alpha value is -1.78. The molecule has 12 heteroatoms. The normalized spacial score (nSPS) is 11.9. The number of nitrogens with one attached hydrogen (secondary N) is 1. The summed E-state index contributed by atoms with van der Waals surface area (Å²) >= 11 is 20.7. The van der Waals surface area contributed by atoms with Crippen molar-refractivity contribution in [1.82, 2.24) is 25.5 Å². The number of carbonyl (C=O) groups is 2. The summed E-state index contributed by atoms with van der Waals surface area (Å²) in [5, 5.41) is 15.9. The zero-order valence-electron chi connectivity index (χ0n) is 17.5. The fraction of sp³-hybridized carbons (Fsp3) is 0.286. The lowest BCUT2D eigenvalue weighted by Gasteiger charge is -2.15. The van der Waals surface area contributed by atoms with Gasteiger partial charge in [0.2, 0.25) is 5.16 Å². The van der Waals surface area contributed by atoms with E-state index >= 15 is 0 Å². The predicted molar refractivity (Wildman–Crippen MR) is 134 cm³/mol. The molecule has 1 heterocycles. The molecule has 3 rings (SSSR count). The average Bonchev–Trinajstić information content (AvgIpc) is 3.25. The summed E-state index contributed by atoms with van der Waals surface area (Å²) in [5.41, 5.74) is 1.16. The van der Waals surface area contributed by atoms with Crippen LogP contribution >= 0.6 is 58.3 Å². The van der Waals surface area contributed by atoms with Crippen LogP contribution in [-0.4, -0.2) is 43.0 Å². The van der Waals surface area contributed by atoms with Crippen molar-refractivity contribution in [3.05, 3.63) is 63.1 Å². The Balaban J connectivity index is 1.52. The van der Waals surface area contributed by atoms with Gasteiger partial charge < -0.3 is 5.32 Å². The van der Waals surface area contributed by atoms with Gasteiger partial charge in [-0.3, -0.25) is 9.59 Å². The zero-order chi connectivity index (χ0) is 23.8. The lowest BCUT2D eigenvalue weighted by Crippen LogP contribution is -2.40. The molecule has 0 saturated heterocycles. The smallest absolute Gasteiger partial charge is 0.279 e. The molecule has 33 heavy (non-hydrogen) atoms. The first-order chi connectivity index (χ1) is 15.9. The van der Waals surface area contributed by atoms with Gasteiger partial charge in [0.25, 0.3) is 5.24 Å². The van der Waals surface area contributed by atoms with Gasteiger partial charge in [-0.2, -0.15) is 4.80 Å². The molecule has 1 N–H and O–H groups in total. The van der Waals surface area contributed by atoms with Gasteiger partial charge in [0, 0.05) is 5.75 Å². The summed E-state index contributed by atoms with van der Waals surface area (Å²) in [6.07, 6.45) is 1.22. The molecule has 2 aromatic carbocycles. The number of ketones is 1. The van der Waals surface area contributed by atoms with E-state index < -0.39 is 6.04 Å². The number of tetrazole rings is 1. The van der Waals surface area contributed by atoms with Crippen molar-refractivity contribution >= 4 is 69.3 Å². The van der Waals surface area contributed by atoms with E-state index in [0.717, 1.165) is 35.5 Å². The first-order valence-electron chi connectivity index (χ1n) is 9.96. The van der Waals surface area contributed by atoms with E-state index in [1.54, 1.807) is 12.1 Å². The lowest BCUT2D eigenvalue weighted by molar-refractivity contribution is -0.121. The van der Waals surface area contributed by atoms with Crippen LogP contribution in [0.2, 0.25) is 15.1 Å². The monoisotopic (exact) mass is 543 g/mol. The molecule has 1 atom stereocenters. The van der Waals surface area contributed by atoms with Gasteiger partial charge in [-0.25, -0.2) is 0 Å². The molecule has 0 bridgehead atoms. The third kappa shape index (κ3) is 7.61. The highest BCUT2D eigenvalue weighted by atomic mass is 35.5. The van der Waals surface area contributed by atoms with Gasteiger partial charge in [0.1, 0.15) is 6.54 Å². The highest BCUT2D eigenvalue weighted by Gasteiger charge is 2.21. The molecule has 0 radical (unpaired) electrons. The Morgan fingerprint density at radius 3 is 2.55 bits per heavy atom. The van der Waals surface area contributed by atoms with E-state index in [0.29, 0.717) is 32.1 Å². The van der Waals surface area contributed by atoms with Crippen molar-refractivity contribution in [2.75, 3.05) is 5.75 Å². The molecular weight excluding hydrogens is 525 g/mol. The van der Waals surface area contributed by atoms with Crippen LogP contribution in [0.5, 0.6) is 0 Å². The molecule has 1 aromatic heterocycles. The van der Waals surface area contributed by atoms with Crippen LogP contribution in [0.25, 0.3) is 0 Å². The van der Waals surface area contributed by atoms with Crippen LogP contribution in [0.15, 0.2) is 52.5 Å². The number of carbonyl (C=O) groups excluding carboxylic acids is 2. The van der Waals surface area contributed by atoms with Crippen molar-refractivity contribution in [1.29, 1.82) is 0 Å². The lowest BCUT2D eigenvalue weighted by atomic mass is 10.1. The molecule has 1 amide bonds. The number of benzene rings is 2. The standard InChI is InChI=1S/C21H20Cl3N5O2S2/c1-2-16(25-21(31)32-11-10-13-6-4-3-5-7-13)17(30)12-29-27-20(26-28-29)33-19-15(23)9-8-14(22)18(19)24/h3-9,16H,2,10-12H2,1H3,(H,25,31). The Morgan fingerprint density at radius 1 is 1.09 bits per heavy atom. The number of amides is 1. The molecule has 0 aliphatic rings. The molecule has 174 valence electrons. The fourth-order valence-corrected chi connectivity index (χ4v) is 5.10. The Labute approximate surface area is 214 Å². The van der Waals surface area contributed by atoms with Crippen molar-refractivity contribution in [2.45, 2.75) is 42.4 Å². The maximum atomic E-state index is 12.7. The highest BCUT2D eigenvalue weighted by molar-refractivity contribution is 8.13. The quantitative estimate of drug-likeness (QED) is 0.322. The summed E-state index contributed by atoms with van der Waals surface area (Å²) in [4.78, 5) is 26.6. The Morgan fingerprint density at radius 2 is 1.82 bits per heavy atom. The second kappa shape index (κ2) is 12.6. The second-order valence-corrected chi connectivity index (χ2v) is 10.1. The SMILES string of the molecule is CCC(NC(=O)SCCc1ccccc1)C(=O)Cn1nnc(Sc2c(Cl)ccc(Cl)c2Cl)n1. The fourth-order valence-electron chi connectivity index (χ4n) is 2.78. The van der Waals surface area contributed by atoms with Gasteiger partial charge in [0.05, 0.1) is 26.0 Å². The Kier molecular flexibility index (Phi) is 9.88. The van der Waals surface area contributed by atoms with Crippen LogP contribution in [0.1, 0.15) is 18.9 Å². The number of aryl methyl sites for hydroxylation is 1. The molecule has 7 nitrogen and oxygen atoms in total. The van der Waals surface area contributed by atoms with Gasteiger partial charge >= 0.3 is 0 Å². The first-order valence-corrected chi connectivity index (χ1v) is 12.9. The van der Waals surface area contributed by atoms with Crippen LogP contribution in [0, 0.1) is 0 Å². The van der Waals surface area contributed by atoms with E-state index in [-0.39, 0.29) is 22.7 Å². The molecule has 0 saturated carbocycles. The molecular formula is C21H20Cl3N5O2S2. The number of nitrogens with zero attached hydrogens (tertiary/aromatic N) is 4. The summed E-state index contributed by atoms with van der Waals surface area (Å²) in [5.74, 6) is 0.405. The minimum absolute atomic E-state index is 0.127. The van der Waals surface area contributed by atoms with E-state index in [2.05, 4.69) is 20.7 Å². The van der Waals surface area contributed by atoms with Crippen molar-refractivity contribution in [3.63, 3.8) is 0 Å². The number of aromatic nitrogens is 4. The van der Waals surface area contributed by atoms with Crippen LogP contribution in [0.3, 0.4) is 0 Å². The van der Waals surface area contributed by atoms with Crippen molar-refractivity contribution < 1.29 is 9.59 Å². The number of thioether (sulfide) groups is 1. The molecule has 1 unspecified atom stereocenters. The van der Waals surface area contributed by atoms with Gasteiger partial charge in [-0.1, -0.05) is 83.8 Å². The maximum Gasteiger partial charge on any atom is 0.279 e. The third-order valence-electron chi connectivity index (χ3n) is 4.48. The number of halogens is 3. The minimum atomic E-state index is -0.638. The number of hydrogen-bond donors (Lipinski definition) is 1. The second-order valence-electron chi connectivity index (χ2n) is 6.82. The van der Waals surface area contributed by atoms with Crippen LogP contribution < -0.4 is 5.32 Å². The molecule has 0 spiro atoms. The van der Waals surface area contributed by atoms with Crippen molar-refractivity contribution in [3.8, 4) is 0 Å². The third-order valence-corrected chi connectivity index (χ3v) is 7.59. The van der Waals surface area contributed by atoms with Gasteiger partial charge in [-0.05, 0) is 47.5 Å². The molecule has 3 aromatic rings. The van der Waals surface area contributed by atoms with Crippen LogP contribution in [0.4, 0.5) is 4.79 Å². The molecule has 0 fully saturated rings. The topological polar surface area (TPSA) is 89.8 Å². The van der Waals surface area contributed by atoms with E-state index in [4.69, 9.17) is 34.8 Å². The first kappa shape index (κ1) is 25.8. The number of rotatable bonds is 10. The average molecular weight is 545 g/mol. The van der Waals surface area contributed by atoms with Gasteiger partial charge in [-0.15, -0.1) is 10.2 Å². The zero-order valence-corrected chi connectivity index (χ0v) is 21.4. The molecule has 0 aliphatic heterocycles.